The molecule has 6 nitrogen and oxygen atoms in total. The topological polar surface area (TPSA) is 65.6 Å². The van der Waals surface area contributed by atoms with Gasteiger partial charge in [0.05, 0.1) is 16.7 Å². The quantitative estimate of drug-likeness (QED) is 0.354. The van der Waals surface area contributed by atoms with Crippen molar-refractivity contribution >= 4 is 45.9 Å². The van der Waals surface area contributed by atoms with Gasteiger partial charge in [0.1, 0.15) is 24.4 Å². The summed E-state index contributed by atoms with van der Waals surface area (Å²) in [6, 6.07) is 20.0. The van der Waals surface area contributed by atoms with Gasteiger partial charge in [-0.3, -0.25) is 9.59 Å². The second-order valence-corrected chi connectivity index (χ2v) is 10.2. The lowest BCUT2D eigenvalue weighted by Gasteiger charge is -2.47. The molecule has 3 aromatic carbocycles. The van der Waals surface area contributed by atoms with Gasteiger partial charge in [-0.15, -0.1) is 0 Å². The summed E-state index contributed by atoms with van der Waals surface area (Å²) in [5.74, 6) is 0.518. The van der Waals surface area contributed by atoms with Gasteiger partial charge in [-0.1, -0.05) is 65.7 Å². The lowest BCUT2D eigenvalue weighted by molar-refractivity contribution is -0.159. The van der Waals surface area contributed by atoms with Gasteiger partial charge in [-0.25, -0.2) is 0 Å². The third-order valence-electron chi connectivity index (χ3n) is 7.21. The predicted octanol–water partition coefficient (Wildman–Crippen LogP) is 5.76. The molecule has 4 aromatic rings. The summed E-state index contributed by atoms with van der Waals surface area (Å²) in [6.07, 6.45) is 0.440. The smallest absolute Gasteiger partial charge is 0.246 e. The monoisotopic (exact) mass is 533 g/mol. The maximum atomic E-state index is 13.9. The minimum atomic E-state index is -0.629. The van der Waals surface area contributed by atoms with Crippen molar-refractivity contribution in [1.29, 1.82) is 0 Å². The van der Waals surface area contributed by atoms with Crippen LogP contribution in [-0.2, 0) is 22.6 Å². The van der Waals surface area contributed by atoms with E-state index in [0.717, 1.165) is 33.3 Å². The molecule has 2 aliphatic heterocycles. The maximum Gasteiger partial charge on any atom is 0.246 e. The van der Waals surface area contributed by atoms with Crippen molar-refractivity contribution < 1.29 is 14.3 Å². The minimum Gasteiger partial charge on any atom is -0.494 e. The molecule has 0 bridgehead atoms. The Morgan fingerprint density at radius 3 is 2.59 bits per heavy atom. The molecule has 0 saturated carbocycles. The Morgan fingerprint density at radius 2 is 1.78 bits per heavy atom. The standard InChI is InChI=1S/C29H25Cl2N3O3/c1-2-37-25-10-6-4-8-19(25)28-27-20(18-7-3-5-9-23(18)32-27)14-24-29(36)33(16-26(35)34(24)28)15-17-11-12-21(30)22(31)13-17/h3-13,24,28,32H,2,14-16H2,1H3/t24-,28-/m0/s1. The number of carbonyl (C=O) groups excluding carboxylic acids is 2. The number of nitrogens with zero attached hydrogens (tertiary/aromatic N) is 2. The number of piperazine rings is 1. The Hall–Kier alpha value is -3.48. The van der Waals surface area contributed by atoms with Crippen LogP contribution >= 0.6 is 23.2 Å². The average molecular weight is 534 g/mol. The Bertz CT molecular complexity index is 1530. The minimum absolute atomic E-state index is 0.0154. The number of aromatic nitrogens is 1. The highest BCUT2D eigenvalue weighted by atomic mass is 35.5. The lowest BCUT2D eigenvalue weighted by atomic mass is 9.85. The van der Waals surface area contributed by atoms with Crippen molar-refractivity contribution in [2.45, 2.75) is 32.0 Å². The highest BCUT2D eigenvalue weighted by molar-refractivity contribution is 6.42. The third kappa shape index (κ3) is 4.05. The summed E-state index contributed by atoms with van der Waals surface area (Å²) >= 11 is 12.3. The van der Waals surface area contributed by atoms with Gasteiger partial charge in [0.15, 0.2) is 0 Å². The third-order valence-corrected chi connectivity index (χ3v) is 7.95. The molecule has 6 rings (SSSR count). The van der Waals surface area contributed by atoms with Crippen LogP contribution in [-0.4, -0.2) is 45.8 Å². The maximum absolute atomic E-state index is 13.9. The van der Waals surface area contributed by atoms with Crippen LogP contribution < -0.4 is 4.74 Å². The molecule has 0 spiro atoms. The number of ether oxygens (including phenoxy) is 1. The van der Waals surface area contributed by atoms with E-state index in [4.69, 9.17) is 27.9 Å². The van der Waals surface area contributed by atoms with E-state index in [2.05, 4.69) is 11.1 Å². The van der Waals surface area contributed by atoms with Gasteiger partial charge in [0.2, 0.25) is 11.8 Å². The summed E-state index contributed by atoms with van der Waals surface area (Å²) in [6.45, 7) is 2.70. The Morgan fingerprint density at radius 1 is 1.00 bits per heavy atom. The molecule has 8 heteroatoms. The van der Waals surface area contributed by atoms with Gasteiger partial charge < -0.3 is 19.5 Å². The van der Waals surface area contributed by atoms with Crippen molar-refractivity contribution in [2.24, 2.45) is 0 Å². The molecule has 2 amide bonds. The highest BCUT2D eigenvalue weighted by Crippen LogP contribution is 2.45. The number of rotatable bonds is 5. The van der Waals surface area contributed by atoms with Crippen LogP contribution in [0.2, 0.25) is 10.0 Å². The number of H-pyrrole nitrogens is 1. The van der Waals surface area contributed by atoms with Gasteiger partial charge in [0.25, 0.3) is 0 Å². The van der Waals surface area contributed by atoms with E-state index in [0.29, 0.717) is 28.8 Å². The van der Waals surface area contributed by atoms with E-state index in [1.807, 2.05) is 55.5 Å². The van der Waals surface area contributed by atoms with Crippen molar-refractivity contribution in [2.75, 3.05) is 13.2 Å². The largest absolute Gasteiger partial charge is 0.494 e. The molecular weight excluding hydrogens is 509 g/mol. The zero-order chi connectivity index (χ0) is 25.7. The zero-order valence-electron chi connectivity index (χ0n) is 20.2. The van der Waals surface area contributed by atoms with E-state index in [1.54, 1.807) is 21.9 Å². The molecule has 0 radical (unpaired) electrons. The lowest BCUT2D eigenvalue weighted by Crippen LogP contribution is -2.62. The van der Waals surface area contributed by atoms with Crippen LogP contribution in [0.4, 0.5) is 0 Å². The number of aromatic amines is 1. The summed E-state index contributed by atoms with van der Waals surface area (Å²) < 4.78 is 5.97. The normalized spacial score (nSPS) is 19.2. The Labute approximate surface area is 224 Å². The van der Waals surface area contributed by atoms with E-state index in [-0.39, 0.29) is 24.9 Å². The van der Waals surface area contributed by atoms with Gasteiger partial charge in [-0.2, -0.15) is 0 Å². The summed E-state index contributed by atoms with van der Waals surface area (Å²) in [7, 11) is 0. The Balaban J connectivity index is 1.45. The number of amides is 2. The number of nitrogens with one attached hydrogen (secondary N) is 1. The molecule has 3 heterocycles. The van der Waals surface area contributed by atoms with Crippen LogP contribution in [0.25, 0.3) is 10.9 Å². The zero-order valence-corrected chi connectivity index (χ0v) is 21.7. The van der Waals surface area contributed by atoms with Crippen molar-refractivity contribution in [3.63, 3.8) is 0 Å². The van der Waals surface area contributed by atoms with E-state index >= 15 is 0 Å². The molecular formula is C29H25Cl2N3O3. The van der Waals surface area contributed by atoms with Crippen molar-refractivity contribution in [3.05, 3.63) is 99.2 Å². The summed E-state index contributed by atoms with van der Waals surface area (Å²) in [5, 5.41) is 1.94. The molecule has 188 valence electrons. The first-order valence-electron chi connectivity index (χ1n) is 12.3. The fraction of sp³-hybridized carbons (Fsp3) is 0.241. The van der Waals surface area contributed by atoms with Crippen LogP contribution in [0.5, 0.6) is 5.75 Å². The van der Waals surface area contributed by atoms with E-state index in [9.17, 15) is 9.59 Å². The predicted molar refractivity (Wildman–Crippen MR) is 144 cm³/mol. The summed E-state index contributed by atoms with van der Waals surface area (Å²) in [5.41, 5.74) is 4.67. The number of benzene rings is 3. The first-order chi connectivity index (χ1) is 18.0. The second kappa shape index (κ2) is 9.43. The van der Waals surface area contributed by atoms with Crippen LogP contribution in [0, 0.1) is 0 Å². The molecule has 2 aliphatic rings. The molecule has 37 heavy (non-hydrogen) atoms. The number of para-hydroxylation sites is 2. The molecule has 1 saturated heterocycles. The van der Waals surface area contributed by atoms with Crippen LogP contribution in [0.15, 0.2) is 66.7 Å². The first kappa shape index (κ1) is 23.9. The number of hydrogen-bond acceptors (Lipinski definition) is 3. The number of fused-ring (bicyclic) bond motifs is 4. The average Bonchev–Trinajstić information content (AvgIpc) is 3.27. The molecule has 0 unspecified atom stereocenters. The summed E-state index contributed by atoms with van der Waals surface area (Å²) in [4.78, 5) is 34.7. The van der Waals surface area contributed by atoms with E-state index < -0.39 is 12.1 Å². The van der Waals surface area contributed by atoms with Crippen molar-refractivity contribution in [3.8, 4) is 5.75 Å². The molecule has 1 fully saturated rings. The van der Waals surface area contributed by atoms with Crippen LogP contribution in [0.1, 0.15) is 35.3 Å². The molecule has 1 aromatic heterocycles. The molecule has 0 aliphatic carbocycles. The van der Waals surface area contributed by atoms with Crippen LogP contribution in [0.3, 0.4) is 0 Å². The number of halogens is 2. The van der Waals surface area contributed by atoms with Crippen molar-refractivity contribution in [1.82, 2.24) is 14.8 Å². The number of hydrogen-bond donors (Lipinski definition) is 1. The van der Waals surface area contributed by atoms with E-state index in [1.165, 1.54) is 0 Å². The highest BCUT2D eigenvalue weighted by Gasteiger charge is 2.48. The van der Waals surface area contributed by atoms with Gasteiger partial charge >= 0.3 is 0 Å². The van der Waals surface area contributed by atoms with Gasteiger partial charge in [-0.05, 0) is 42.3 Å². The molecule has 1 N–H and O–H groups in total. The SMILES string of the molecule is CCOc1ccccc1[C@H]1c2[nH]c3ccccc3c2C[C@H]2C(=O)N(Cc3ccc(Cl)c(Cl)c3)CC(=O)N12. The first-order valence-corrected chi connectivity index (χ1v) is 13.1. The fourth-order valence-electron chi connectivity index (χ4n) is 5.63. The Kier molecular flexibility index (Phi) is 6.09. The fourth-order valence-corrected chi connectivity index (χ4v) is 5.95. The molecule has 2 atom stereocenters. The number of carbonyl (C=O) groups is 2. The second-order valence-electron chi connectivity index (χ2n) is 9.40. The van der Waals surface area contributed by atoms with Gasteiger partial charge in [0, 0.05) is 35.1 Å².